The van der Waals surface area contributed by atoms with Crippen LogP contribution in [0.25, 0.3) is 22.0 Å². The van der Waals surface area contributed by atoms with Gasteiger partial charge in [-0.2, -0.15) is 5.10 Å². The molecular formula is C20H20N6OS. The molecule has 0 bridgehead atoms. The van der Waals surface area contributed by atoms with E-state index in [-0.39, 0.29) is 5.91 Å². The fourth-order valence-electron chi connectivity index (χ4n) is 3.03. The summed E-state index contributed by atoms with van der Waals surface area (Å²) in [6, 6.07) is 11.7. The van der Waals surface area contributed by atoms with Crippen molar-refractivity contribution in [2.75, 3.05) is 5.32 Å². The number of carbonyl (C=O) groups excluding carboxylic acids is 1. The molecule has 0 aliphatic heterocycles. The maximum atomic E-state index is 12.8. The van der Waals surface area contributed by atoms with Crippen molar-refractivity contribution in [1.82, 2.24) is 24.3 Å². The van der Waals surface area contributed by atoms with Crippen molar-refractivity contribution in [1.29, 1.82) is 0 Å². The summed E-state index contributed by atoms with van der Waals surface area (Å²) >= 11 is 1.41. The summed E-state index contributed by atoms with van der Waals surface area (Å²) < 4.78 is 3.64. The van der Waals surface area contributed by atoms with E-state index in [4.69, 9.17) is 4.98 Å². The monoisotopic (exact) mass is 392 g/mol. The van der Waals surface area contributed by atoms with E-state index in [2.05, 4.69) is 15.4 Å². The molecule has 0 saturated heterocycles. The molecule has 142 valence electrons. The highest BCUT2D eigenvalue weighted by Gasteiger charge is 2.20. The van der Waals surface area contributed by atoms with Gasteiger partial charge in [0.15, 0.2) is 11.0 Å². The lowest BCUT2D eigenvalue weighted by Crippen LogP contribution is -2.17. The van der Waals surface area contributed by atoms with Gasteiger partial charge in [0.2, 0.25) is 0 Å². The van der Waals surface area contributed by atoms with Crippen LogP contribution in [-0.2, 0) is 13.6 Å². The second-order valence-electron chi connectivity index (χ2n) is 6.37. The zero-order chi connectivity index (χ0) is 19.7. The third kappa shape index (κ3) is 3.34. The first-order valence-corrected chi connectivity index (χ1v) is 9.78. The number of hydrogen-bond donors (Lipinski definition) is 1. The predicted octanol–water partition coefficient (Wildman–Crippen LogP) is 3.99. The first-order valence-electron chi connectivity index (χ1n) is 8.96. The van der Waals surface area contributed by atoms with Crippen LogP contribution in [0.3, 0.4) is 0 Å². The largest absolute Gasteiger partial charge is 0.333 e. The highest BCUT2D eigenvalue weighted by atomic mass is 32.1. The quantitative estimate of drug-likeness (QED) is 0.557. The zero-order valence-electron chi connectivity index (χ0n) is 15.9. The molecule has 1 aromatic carbocycles. The molecule has 1 N–H and O–H groups in total. The molecule has 1 amide bonds. The minimum atomic E-state index is -0.220. The standard InChI is InChI=1S/C20H20N6OS/c1-4-26-15(12-13(2)24-26)19(27)23-20-22-16(14-8-6-5-7-9-14)17(28-20)18-21-10-11-25(18)3/h5-12H,4H2,1-3H3,(H,22,23,27). The van der Waals surface area contributed by atoms with E-state index in [1.54, 1.807) is 16.9 Å². The Morgan fingerprint density at radius 2 is 2.04 bits per heavy atom. The van der Waals surface area contributed by atoms with Gasteiger partial charge in [-0.3, -0.25) is 14.8 Å². The summed E-state index contributed by atoms with van der Waals surface area (Å²) in [7, 11) is 1.94. The molecule has 8 heteroatoms. The molecule has 4 rings (SSSR count). The van der Waals surface area contributed by atoms with Gasteiger partial charge in [-0.1, -0.05) is 41.7 Å². The van der Waals surface area contributed by atoms with Gasteiger partial charge in [0.25, 0.3) is 5.91 Å². The lowest BCUT2D eigenvalue weighted by molar-refractivity contribution is 0.101. The number of imidazole rings is 1. The highest BCUT2D eigenvalue weighted by molar-refractivity contribution is 7.19. The Labute approximate surface area is 166 Å². The van der Waals surface area contributed by atoms with Crippen molar-refractivity contribution >= 4 is 22.4 Å². The zero-order valence-corrected chi connectivity index (χ0v) is 16.7. The van der Waals surface area contributed by atoms with E-state index in [0.717, 1.165) is 27.7 Å². The number of nitrogens with one attached hydrogen (secondary N) is 1. The van der Waals surface area contributed by atoms with Gasteiger partial charge >= 0.3 is 0 Å². The molecule has 0 fully saturated rings. The maximum Gasteiger partial charge on any atom is 0.275 e. The van der Waals surface area contributed by atoms with E-state index in [9.17, 15) is 4.79 Å². The second-order valence-corrected chi connectivity index (χ2v) is 7.36. The topological polar surface area (TPSA) is 77.6 Å². The van der Waals surface area contributed by atoms with Gasteiger partial charge in [0, 0.05) is 31.5 Å². The first kappa shape index (κ1) is 18.1. The summed E-state index contributed by atoms with van der Waals surface area (Å²) in [4.78, 5) is 22.9. The number of rotatable bonds is 5. The lowest BCUT2D eigenvalue weighted by Gasteiger charge is -2.03. The van der Waals surface area contributed by atoms with Crippen LogP contribution in [0.4, 0.5) is 5.13 Å². The third-order valence-electron chi connectivity index (χ3n) is 4.35. The fourth-order valence-corrected chi connectivity index (χ4v) is 4.05. The van der Waals surface area contributed by atoms with Crippen LogP contribution in [0.1, 0.15) is 23.1 Å². The molecule has 0 unspecified atom stereocenters. The molecule has 0 aliphatic carbocycles. The second kappa shape index (κ2) is 7.40. The van der Waals surface area contributed by atoms with Gasteiger partial charge in [-0.25, -0.2) is 9.97 Å². The van der Waals surface area contributed by atoms with Crippen molar-refractivity contribution in [3.05, 3.63) is 60.2 Å². The number of thiazole rings is 1. The number of hydrogen-bond acceptors (Lipinski definition) is 5. The number of anilines is 1. The molecule has 4 aromatic rings. The van der Waals surface area contributed by atoms with Crippen LogP contribution in [0.2, 0.25) is 0 Å². The van der Waals surface area contributed by atoms with Crippen molar-refractivity contribution in [3.63, 3.8) is 0 Å². The Balaban J connectivity index is 1.73. The highest BCUT2D eigenvalue weighted by Crippen LogP contribution is 2.38. The van der Waals surface area contributed by atoms with E-state index in [1.165, 1.54) is 11.3 Å². The molecule has 0 aliphatic rings. The molecule has 28 heavy (non-hydrogen) atoms. The average molecular weight is 392 g/mol. The number of amides is 1. The minimum Gasteiger partial charge on any atom is -0.333 e. The van der Waals surface area contributed by atoms with Crippen molar-refractivity contribution in [2.24, 2.45) is 7.05 Å². The lowest BCUT2D eigenvalue weighted by atomic mass is 10.1. The Bertz CT molecular complexity index is 1120. The summed E-state index contributed by atoms with van der Waals surface area (Å²) in [6.45, 7) is 4.46. The van der Waals surface area contributed by atoms with E-state index >= 15 is 0 Å². The average Bonchev–Trinajstić information content (AvgIpc) is 3.40. The summed E-state index contributed by atoms with van der Waals surface area (Å²) in [5, 5.41) is 7.80. The maximum absolute atomic E-state index is 12.8. The van der Waals surface area contributed by atoms with Crippen LogP contribution < -0.4 is 5.32 Å². The number of aryl methyl sites for hydroxylation is 3. The molecule has 0 radical (unpaired) electrons. The van der Waals surface area contributed by atoms with Crippen LogP contribution in [0, 0.1) is 6.92 Å². The Kier molecular flexibility index (Phi) is 4.79. The molecular weight excluding hydrogens is 372 g/mol. The number of benzene rings is 1. The van der Waals surface area contributed by atoms with Crippen LogP contribution in [0.5, 0.6) is 0 Å². The van der Waals surface area contributed by atoms with Crippen molar-refractivity contribution < 1.29 is 4.79 Å². The van der Waals surface area contributed by atoms with Gasteiger partial charge in [-0.05, 0) is 19.9 Å². The van der Waals surface area contributed by atoms with Gasteiger partial charge in [-0.15, -0.1) is 0 Å². The van der Waals surface area contributed by atoms with Gasteiger partial charge < -0.3 is 4.57 Å². The van der Waals surface area contributed by atoms with Crippen LogP contribution in [0.15, 0.2) is 48.8 Å². The van der Waals surface area contributed by atoms with Crippen molar-refractivity contribution in [3.8, 4) is 22.0 Å². The van der Waals surface area contributed by atoms with E-state index in [0.29, 0.717) is 17.4 Å². The molecule has 3 aromatic heterocycles. The first-order chi connectivity index (χ1) is 13.6. The fraction of sp³-hybridized carbons (Fsp3) is 0.200. The Hall–Kier alpha value is -3.26. The molecule has 0 saturated carbocycles. The van der Waals surface area contributed by atoms with Crippen LogP contribution in [-0.4, -0.2) is 30.2 Å². The Morgan fingerprint density at radius 1 is 1.25 bits per heavy atom. The SMILES string of the molecule is CCn1nc(C)cc1C(=O)Nc1nc(-c2ccccc2)c(-c2nccn2C)s1. The number of aromatic nitrogens is 5. The molecule has 0 atom stereocenters. The predicted molar refractivity (Wildman–Crippen MR) is 110 cm³/mol. The van der Waals surface area contributed by atoms with E-state index < -0.39 is 0 Å². The van der Waals surface area contributed by atoms with Crippen molar-refractivity contribution in [2.45, 2.75) is 20.4 Å². The van der Waals surface area contributed by atoms with Gasteiger partial charge in [0.05, 0.1) is 16.3 Å². The molecule has 0 spiro atoms. The molecule has 3 heterocycles. The third-order valence-corrected chi connectivity index (χ3v) is 5.32. The molecule has 7 nitrogen and oxygen atoms in total. The number of nitrogens with zero attached hydrogens (tertiary/aromatic N) is 5. The minimum absolute atomic E-state index is 0.220. The summed E-state index contributed by atoms with van der Waals surface area (Å²) in [6.07, 6.45) is 3.65. The Morgan fingerprint density at radius 3 is 2.71 bits per heavy atom. The smallest absolute Gasteiger partial charge is 0.275 e. The summed E-state index contributed by atoms with van der Waals surface area (Å²) in [5.41, 5.74) is 3.11. The van der Waals surface area contributed by atoms with E-state index in [1.807, 2.05) is 62.0 Å². The van der Waals surface area contributed by atoms with Gasteiger partial charge in [0.1, 0.15) is 5.69 Å². The normalized spacial score (nSPS) is 11.0. The van der Waals surface area contributed by atoms with Crippen LogP contribution >= 0.6 is 11.3 Å². The number of carbonyl (C=O) groups is 1. The summed E-state index contributed by atoms with van der Waals surface area (Å²) in [5.74, 6) is 0.591.